The lowest BCUT2D eigenvalue weighted by Gasteiger charge is -2.50. The van der Waals surface area contributed by atoms with Gasteiger partial charge in [0.05, 0.1) is 4.92 Å². The molecule has 7 rings (SSSR count). The van der Waals surface area contributed by atoms with Crippen LogP contribution in [-0.2, 0) is 9.48 Å². The van der Waals surface area contributed by atoms with Crippen molar-refractivity contribution in [2.45, 2.75) is 41.3 Å². The van der Waals surface area contributed by atoms with Gasteiger partial charge in [0.1, 0.15) is 4.75 Å². The highest BCUT2D eigenvalue weighted by Crippen LogP contribution is 2.80. The third-order valence-corrected chi connectivity index (χ3v) is 14.3. The normalized spacial score (nSPS) is 28.1. The van der Waals surface area contributed by atoms with Crippen LogP contribution in [0.2, 0.25) is 0 Å². The summed E-state index contributed by atoms with van der Waals surface area (Å²) in [6, 6.07) is 14.6. The number of thioether (sulfide) groups is 2. The Morgan fingerprint density at radius 3 is 1.98 bits per heavy atom. The number of thiophene rings is 2. The molecule has 14 heteroatoms. The molecule has 2 unspecified atom stereocenters. The first-order valence-corrected chi connectivity index (χ1v) is 16.4. The van der Waals surface area contributed by atoms with Gasteiger partial charge in [-0.2, -0.15) is 26.3 Å². The Kier molecular flexibility index (Phi) is 6.37. The van der Waals surface area contributed by atoms with E-state index in [4.69, 9.17) is 4.74 Å². The van der Waals surface area contributed by atoms with E-state index in [9.17, 15) is 10.1 Å². The third-order valence-electron chi connectivity index (χ3n) is 8.43. The maximum atomic E-state index is 16.2. The summed E-state index contributed by atoms with van der Waals surface area (Å²) in [4.78, 5) is 10.7. The van der Waals surface area contributed by atoms with Gasteiger partial charge in [0.25, 0.3) is 0 Å². The Bertz CT molecular complexity index is 1890. The number of alkyl halides is 6. The van der Waals surface area contributed by atoms with Gasteiger partial charge in [0, 0.05) is 49.5 Å². The van der Waals surface area contributed by atoms with Crippen molar-refractivity contribution in [3.8, 4) is 0 Å². The van der Waals surface area contributed by atoms with Crippen LogP contribution in [0.3, 0.4) is 0 Å². The molecule has 4 aliphatic rings. The molecule has 1 saturated carbocycles. The van der Waals surface area contributed by atoms with Gasteiger partial charge < -0.3 is 4.74 Å². The van der Waals surface area contributed by atoms with Gasteiger partial charge in [-0.3, -0.25) is 10.1 Å². The van der Waals surface area contributed by atoms with Gasteiger partial charge in [0.15, 0.2) is 4.93 Å². The van der Waals surface area contributed by atoms with Crippen LogP contribution in [0.15, 0.2) is 93.4 Å². The maximum absolute atomic E-state index is 16.2. The van der Waals surface area contributed by atoms with Gasteiger partial charge in [-0.25, -0.2) is 0 Å². The number of methoxy groups -OCH3 is 1. The lowest BCUT2D eigenvalue weighted by molar-refractivity contribution is -0.380. The monoisotopic (exact) mass is 683 g/mol. The Morgan fingerprint density at radius 2 is 1.41 bits per heavy atom. The van der Waals surface area contributed by atoms with Crippen LogP contribution in [0, 0.1) is 10.1 Å². The predicted molar refractivity (Wildman–Crippen MR) is 162 cm³/mol. The van der Waals surface area contributed by atoms with Crippen molar-refractivity contribution in [3.63, 3.8) is 0 Å². The Hall–Kier alpha value is -2.78. The molecule has 2 aromatic heterocycles. The van der Waals surface area contributed by atoms with E-state index in [2.05, 4.69) is 0 Å². The molecular formula is C30H19F6NO3S4. The molecule has 0 amide bonds. The molecule has 1 fully saturated rings. The van der Waals surface area contributed by atoms with E-state index in [1.807, 2.05) is 0 Å². The number of rotatable bonds is 5. The van der Waals surface area contributed by atoms with Gasteiger partial charge in [0.2, 0.25) is 0 Å². The van der Waals surface area contributed by atoms with Crippen LogP contribution < -0.4 is 0 Å². The van der Waals surface area contributed by atoms with E-state index in [0.717, 1.165) is 23.5 Å². The first kappa shape index (κ1) is 29.9. The largest absolute Gasteiger partial charge is 0.380 e. The van der Waals surface area contributed by atoms with E-state index in [-0.39, 0.29) is 21.0 Å². The van der Waals surface area contributed by atoms with E-state index < -0.39 is 54.7 Å². The van der Waals surface area contributed by atoms with Crippen LogP contribution in [0.25, 0.3) is 9.81 Å². The molecule has 228 valence electrons. The number of nitrogens with zero attached hydrogens (tertiary/aromatic N) is 1. The Balaban J connectivity index is 1.70. The molecule has 0 bridgehead atoms. The van der Waals surface area contributed by atoms with E-state index in [0.29, 0.717) is 31.6 Å². The number of benzene rings is 1. The number of allylic oxidation sites excluding steroid dienone is 3. The summed E-state index contributed by atoms with van der Waals surface area (Å²) in [7, 11) is 1.23. The molecule has 0 radical (unpaired) electrons. The van der Waals surface area contributed by atoms with Crippen LogP contribution in [0.1, 0.15) is 29.2 Å². The molecule has 4 heterocycles. The first-order chi connectivity index (χ1) is 20.7. The minimum Gasteiger partial charge on any atom is -0.361 e. The summed E-state index contributed by atoms with van der Waals surface area (Å²) in [5.74, 6) is -16.3. The number of hydrogen-bond acceptors (Lipinski definition) is 7. The molecule has 0 saturated heterocycles. The highest BCUT2D eigenvalue weighted by molar-refractivity contribution is 8.14. The summed E-state index contributed by atoms with van der Waals surface area (Å²) in [6.07, 6.45) is 0. The molecule has 0 N–H and O–H groups in total. The topological polar surface area (TPSA) is 52.4 Å². The number of ether oxygens (including phenoxy) is 1. The lowest BCUT2D eigenvalue weighted by Crippen LogP contribution is -2.52. The summed E-state index contributed by atoms with van der Waals surface area (Å²) in [5, 5.41) is 13.3. The zero-order valence-electron chi connectivity index (χ0n) is 22.8. The molecule has 2 aliphatic heterocycles. The van der Waals surface area contributed by atoms with Crippen LogP contribution in [0.4, 0.5) is 31.3 Å². The predicted octanol–water partition coefficient (Wildman–Crippen LogP) is 10.1. The van der Waals surface area contributed by atoms with Gasteiger partial charge in [-0.15, -0.1) is 23.1 Å². The highest BCUT2D eigenvalue weighted by atomic mass is 32.2. The fourth-order valence-corrected chi connectivity index (χ4v) is 12.3. The minimum absolute atomic E-state index is 0.0935. The molecule has 44 heavy (non-hydrogen) atoms. The third kappa shape index (κ3) is 3.33. The van der Waals surface area contributed by atoms with Gasteiger partial charge in [-0.1, -0.05) is 59.5 Å². The minimum atomic E-state index is -5.77. The van der Waals surface area contributed by atoms with Gasteiger partial charge >= 0.3 is 22.8 Å². The van der Waals surface area contributed by atoms with Crippen molar-refractivity contribution >= 4 is 61.0 Å². The maximum Gasteiger partial charge on any atom is 0.380 e. The number of hydrogen-bond donors (Lipinski definition) is 0. The average Bonchev–Trinajstić information content (AvgIpc) is 3.79. The molecule has 4 nitrogen and oxygen atoms in total. The molecule has 3 aromatic rings. The van der Waals surface area contributed by atoms with Crippen molar-refractivity contribution < 1.29 is 36.0 Å². The summed E-state index contributed by atoms with van der Waals surface area (Å²) in [5.41, 5.74) is -3.04. The quantitative estimate of drug-likeness (QED) is 0.152. The molecule has 0 spiro atoms. The molecule has 2 aliphatic carbocycles. The standard InChI is InChI=1S/C30H19F6NO3S4/c1-14-20-22-23(28(33,34)30(35,36)27(22,31)32)21-15(2)24(16-8-5-4-6-9-16)44-29(21,40-3)26(20,18-11-12-19(42-18)37(38)39)43-25(14)17-10-7-13-41-17/h4-13H,1-3H3. The Labute approximate surface area is 263 Å². The summed E-state index contributed by atoms with van der Waals surface area (Å²) >= 11 is 3.95. The van der Waals surface area contributed by atoms with Crippen LogP contribution in [-0.4, -0.2) is 34.7 Å². The van der Waals surface area contributed by atoms with Crippen LogP contribution >= 0.6 is 46.2 Å². The van der Waals surface area contributed by atoms with Crippen molar-refractivity contribution in [1.29, 1.82) is 0 Å². The zero-order chi connectivity index (χ0) is 31.6. The number of nitro groups is 1. The van der Waals surface area contributed by atoms with E-state index >= 15 is 26.3 Å². The SMILES string of the molecule is COC12SC(c3ccccc3)=C(C)C1=C1C(=C3C(C)=C(c4cccs4)SC32c2ccc([N+](=O)[O-])s2)C(F)(F)C(F)(F)C1(F)F. The van der Waals surface area contributed by atoms with Crippen LogP contribution in [0.5, 0.6) is 0 Å². The van der Waals surface area contributed by atoms with Crippen molar-refractivity contribution in [2.24, 2.45) is 0 Å². The van der Waals surface area contributed by atoms with Crippen molar-refractivity contribution in [2.75, 3.05) is 7.11 Å². The van der Waals surface area contributed by atoms with E-state index in [1.54, 1.807) is 47.8 Å². The fourth-order valence-electron chi connectivity index (χ4n) is 6.62. The number of halogens is 6. The lowest BCUT2D eigenvalue weighted by atomic mass is 9.70. The van der Waals surface area contributed by atoms with Crippen molar-refractivity contribution in [1.82, 2.24) is 0 Å². The molecular weight excluding hydrogens is 665 g/mol. The second-order valence-corrected chi connectivity index (χ2v) is 15.0. The molecule has 2 atom stereocenters. The average molecular weight is 684 g/mol. The molecule has 1 aromatic carbocycles. The van der Waals surface area contributed by atoms with Crippen molar-refractivity contribution in [3.05, 3.63) is 119 Å². The second-order valence-electron chi connectivity index (χ2n) is 10.6. The number of fused-ring (bicyclic) bond motifs is 4. The smallest absolute Gasteiger partial charge is 0.361 e. The summed E-state index contributed by atoms with van der Waals surface area (Å²) < 4.78 is 99.8. The highest BCUT2D eigenvalue weighted by Gasteiger charge is 2.86. The first-order valence-electron chi connectivity index (χ1n) is 13.0. The summed E-state index contributed by atoms with van der Waals surface area (Å²) in [6.45, 7) is 2.89. The van der Waals surface area contributed by atoms with Gasteiger partial charge in [-0.05, 0) is 53.6 Å². The zero-order valence-corrected chi connectivity index (χ0v) is 26.1. The fraction of sp³-hybridized carbons (Fsp3) is 0.267. The second kappa shape index (κ2) is 9.38. The van der Waals surface area contributed by atoms with E-state index in [1.165, 1.54) is 44.4 Å². The Morgan fingerprint density at radius 1 is 0.773 bits per heavy atom.